The fourth-order valence-electron chi connectivity index (χ4n) is 1.95. The highest BCUT2D eigenvalue weighted by atomic mass is 16.6. The van der Waals surface area contributed by atoms with Crippen molar-refractivity contribution < 1.29 is 34.6 Å². The molecule has 0 fully saturated rings. The van der Waals surface area contributed by atoms with Crippen molar-refractivity contribution in [3.8, 4) is 23.0 Å². The van der Waals surface area contributed by atoms with Gasteiger partial charge in [-0.05, 0) is 0 Å². The Morgan fingerprint density at radius 3 is 1.15 bits per heavy atom. The van der Waals surface area contributed by atoms with E-state index in [1.54, 1.807) is 0 Å². The van der Waals surface area contributed by atoms with Gasteiger partial charge in [-0.3, -0.25) is 40.5 Å². The molecule has 2 rings (SSSR count). The molecule has 0 bridgehead atoms. The maximum Gasteiger partial charge on any atom is 0.318 e. The van der Waals surface area contributed by atoms with Crippen molar-refractivity contribution in [2.45, 2.75) is 0 Å². The Kier molecular flexibility index (Phi) is 4.69. The Balaban J connectivity index is 2.66. The fourth-order valence-corrected chi connectivity index (χ4v) is 1.95. The van der Waals surface area contributed by atoms with Crippen LogP contribution >= 0.6 is 0 Å². The van der Waals surface area contributed by atoms with Crippen molar-refractivity contribution >= 4 is 22.7 Å². The second-order valence-corrected chi connectivity index (χ2v) is 4.75. The number of benzene rings is 2. The third kappa shape index (κ3) is 3.60. The average Bonchev–Trinajstić information content (AvgIpc) is 2.53. The summed E-state index contributed by atoms with van der Waals surface area (Å²) in [5, 5.41) is 62.8. The highest BCUT2D eigenvalue weighted by molar-refractivity contribution is 5.65. The molecule has 15 heteroatoms. The third-order valence-electron chi connectivity index (χ3n) is 3.12. The summed E-state index contributed by atoms with van der Waals surface area (Å²) in [5.41, 5.74) is -4.08. The van der Waals surface area contributed by atoms with Gasteiger partial charge in [0, 0.05) is 12.1 Å². The van der Waals surface area contributed by atoms with E-state index < -0.39 is 65.4 Å². The standard InChI is InChI=1S/C12H6N4O11/c17-9-3-11(7(15(23)24)1-5(9)13(19)20)27-12-4-10(18)6(14(21)22)2-8(12)16(25)26/h1-4,17-18H. The molecule has 0 aromatic heterocycles. The van der Waals surface area contributed by atoms with Gasteiger partial charge in [-0.25, -0.2) is 0 Å². The number of hydrogen-bond acceptors (Lipinski definition) is 11. The molecular formula is C12H6N4O11. The quantitative estimate of drug-likeness (QED) is 0.545. The first-order valence-electron chi connectivity index (χ1n) is 6.52. The summed E-state index contributed by atoms with van der Waals surface area (Å²) >= 11 is 0. The molecule has 2 N–H and O–H groups in total. The maximum absolute atomic E-state index is 11.1. The Morgan fingerprint density at radius 1 is 0.593 bits per heavy atom. The Morgan fingerprint density at radius 2 is 0.889 bits per heavy atom. The molecule has 0 spiro atoms. The molecule has 2 aromatic rings. The number of ether oxygens (including phenoxy) is 1. The number of aromatic hydroxyl groups is 2. The number of nitro groups is 4. The summed E-state index contributed by atoms with van der Waals surface area (Å²) in [7, 11) is 0. The number of nitro benzene ring substituents is 4. The minimum Gasteiger partial charge on any atom is -0.502 e. The molecule has 0 radical (unpaired) electrons. The molecule has 0 heterocycles. The van der Waals surface area contributed by atoms with E-state index in [1.165, 1.54) is 0 Å². The van der Waals surface area contributed by atoms with Crippen LogP contribution in [0.4, 0.5) is 22.7 Å². The van der Waals surface area contributed by atoms with E-state index in [9.17, 15) is 50.7 Å². The van der Waals surface area contributed by atoms with Gasteiger partial charge in [0.05, 0.1) is 19.7 Å². The number of phenolic OH excluding ortho intramolecular Hbond substituents is 2. The lowest BCUT2D eigenvalue weighted by molar-refractivity contribution is -0.396. The molecule has 0 atom stereocenters. The van der Waals surface area contributed by atoms with Crippen molar-refractivity contribution in [3.05, 3.63) is 64.7 Å². The van der Waals surface area contributed by atoms with E-state index in [0.29, 0.717) is 24.3 Å². The van der Waals surface area contributed by atoms with Crippen LogP contribution in [-0.2, 0) is 0 Å². The van der Waals surface area contributed by atoms with Gasteiger partial charge in [0.25, 0.3) is 0 Å². The monoisotopic (exact) mass is 382 g/mol. The first-order valence-corrected chi connectivity index (χ1v) is 6.52. The zero-order valence-corrected chi connectivity index (χ0v) is 12.7. The van der Waals surface area contributed by atoms with Crippen LogP contribution in [0.2, 0.25) is 0 Å². The first kappa shape index (κ1) is 18.8. The van der Waals surface area contributed by atoms with Crippen molar-refractivity contribution in [2.75, 3.05) is 0 Å². The lowest BCUT2D eigenvalue weighted by atomic mass is 10.2. The summed E-state index contributed by atoms with van der Waals surface area (Å²) < 4.78 is 4.95. The summed E-state index contributed by atoms with van der Waals surface area (Å²) in [4.78, 5) is 39.2. The van der Waals surface area contributed by atoms with E-state index >= 15 is 0 Å². The predicted octanol–water partition coefficient (Wildman–Crippen LogP) is 2.52. The normalized spacial score (nSPS) is 10.2. The lowest BCUT2D eigenvalue weighted by Crippen LogP contribution is -1.99. The maximum atomic E-state index is 11.1. The SMILES string of the molecule is O=[N+]([O-])c1cc([N+](=O)[O-])c(Oc2cc(O)c([N+](=O)[O-])cc2[N+](=O)[O-])cc1O. The molecule has 27 heavy (non-hydrogen) atoms. The van der Waals surface area contributed by atoms with Crippen LogP contribution in [0.25, 0.3) is 0 Å². The van der Waals surface area contributed by atoms with Gasteiger partial charge in [-0.15, -0.1) is 0 Å². The van der Waals surface area contributed by atoms with Crippen LogP contribution in [0.5, 0.6) is 23.0 Å². The third-order valence-corrected chi connectivity index (χ3v) is 3.12. The highest BCUT2D eigenvalue weighted by Gasteiger charge is 2.30. The summed E-state index contributed by atoms with van der Waals surface area (Å²) in [6.07, 6.45) is 0. The van der Waals surface area contributed by atoms with Gasteiger partial charge in [0.1, 0.15) is 12.1 Å². The van der Waals surface area contributed by atoms with Gasteiger partial charge >= 0.3 is 22.7 Å². The second-order valence-electron chi connectivity index (χ2n) is 4.75. The number of rotatable bonds is 6. The Bertz CT molecular complexity index is 924. The molecular weight excluding hydrogens is 376 g/mol. The summed E-state index contributed by atoms with van der Waals surface area (Å²) in [6, 6.07) is 1.67. The van der Waals surface area contributed by atoms with Crippen LogP contribution in [0, 0.1) is 40.5 Å². The van der Waals surface area contributed by atoms with Gasteiger partial charge < -0.3 is 14.9 Å². The predicted molar refractivity (Wildman–Crippen MR) is 82.9 cm³/mol. The van der Waals surface area contributed by atoms with Crippen molar-refractivity contribution in [1.82, 2.24) is 0 Å². The van der Waals surface area contributed by atoms with Gasteiger partial charge in [0.2, 0.25) is 11.5 Å². The van der Waals surface area contributed by atoms with E-state index in [2.05, 4.69) is 0 Å². The molecule has 0 saturated carbocycles. The van der Waals surface area contributed by atoms with E-state index in [1.807, 2.05) is 0 Å². The molecule has 0 amide bonds. The Hall–Kier alpha value is -4.56. The number of nitrogens with zero attached hydrogens (tertiary/aromatic N) is 4. The van der Waals surface area contributed by atoms with Gasteiger partial charge in [-0.1, -0.05) is 0 Å². The average molecular weight is 382 g/mol. The molecule has 0 aliphatic rings. The minimum absolute atomic E-state index is 0.363. The van der Waals surface area contributed by atoms with Crippen molar-refractivity contribution in [2.24, 2.45) is 0 Å². The van der Waals surface area contributed by atoms with Crippen molar-refractivity contribution in [3.63, 3.8) is 0 Å². The largest absolute Gasteiger partial charge is 0.502 e. The lowest BCUT2D eigenvalue weighted by Gasteiger charge is -2.08. The second kappa shape index (κ2) is 6.75. The minimum atomic E-state index is -1.11. The molecule has 0 aliphatic carbocycles. The van der Waals surface area contributed by atoms with E-state index in [-0.39, 0.29) is 0 Å². The van der Waals surface area contributed by atoms with Crippen LogP contribution in [-0.4, -0.2) is 29.9 Å². The molecule has 2 aromatic carbocycles. The number of hydrogen-bond donors (Lipinski definition) is 2. The van der Waals surface area contributed by atoms with Crippen LogP contribution in [0.1, 0.15) is 0 Å². The molecule has 15 nitrogen and oxygen atoms in total. The first-order chi connectivity index (χ1) is 12.5. The molecule has 0 unspecified atom stereocenters. The highest BCUT2D eigenvalue weighted by Crippen LogP contribution is 2.44. The zero-order chi connectivity index (χ0) is 20.5. The van der Waals surface area contributed by atoms with Crippen LogP contribution < -0.4 is 4.74 Å². The smallest absolute Gasteiger partial charge is 0.318 e. The molecule has 0 aliphatic heterocycles. The van der Waals surface area contributed by atoms with Gasteiger partial charge in [-0.2, -0.15) is 0 Å². The van der Waals surface area contributed by atoms with Crippen LogP contribution in [0.15, 0.2) is 24.3 Å². The summed E-state index contributed by atoms with van der Waals surface area (Å²) in [6.45, 7) is 0. The topological polar surface area (TPSA) is 222 Å². The molecule has 140 valence electrons. The zero-order valence-electron chi connectivity index (χ0n) is 12.7. The molecule has 0 saturated heterocycles. The summed E-state index contributed by atoms with van der Waals surface area (Å²) in [5.74, 6) is -3.73. The Labute approximate surface area is 146 Å². The van der Waals surface area contributed by atoms with Gasteiger partial charge in [0.15, 0.2) is 11.5 Å². The van der Waals surface area contributed by atoms with E-state index in [0.717, 1.165) is 0 Å². The van der Waals surface area contributed by atoms with E-state index in [4.69, 9.17) is 4.74 Å². The number of phenols is 2. The van der Waals surface area contributed by atoms with Crippen molar-refractivity contribution in [1.29, 1.82) is 0 Å². The van der Waals surface area contributed by atoms with Crippen LogP contribution in [0.3, 0.4) is 0 Å². The fraction of sp³-hybridized carbons (Fsp3) is 0.